The number of aromatic nitrogens is 2. The van der Waals surface area contributed by atoms with Crippen molar-refractivity contribution in [2.45, 2.75) is 18.7 Å². The minimum atomic E-state index is -4.38. The molecule has 0 aliphatic heterocycles. The fraction of sp³-hybridized carbons (Fsp3) is 0.0952. The Hall–Kier alpha value is -3.76. The number of carbonyl (C=O) groups excluding carboxylic acids is 1. The predicted octanol–water partition coefficient (Wildman–Crippen LogP) is 3.60. The summed E-state index contributed by atoms with van der Waals surface area (Å²) in [5.74, 6) is -0.0244. The van der Waals surface area contributed by atoms with Crippen LogP contribution in [0.25, 0.3) is 22.0 Å². The molecular formula is C21H18N4O5S. The molecule has 4 aromatic rings. The SMILES string of the molecule is Cc1noc(C)c1-c1ccc2c(Nc3cccc(S(=O)(=O)O)c3)c(C(N)=O)cnc2c1. The Labute approximate surface area is 177 Å². The van der Waals surface area contributed by atoms with Gasteiger partial charge in [0.15, 0.2) is 0 Å². The molecular weight excluding hydrogens is 420 g/mol. The van der Waals surface area contributed by atoms with Gasteiger partial charge in [0.25, 0.3) is 16.0 Å². The highest BCUT2D eigenvalue weighted by molar-refractivity contribution is 7.85. The second-order valence-corrected chi connectivity index (χ2v) is 8.39. The van der Waals surface area contributed by atoms with Crippen LogP contribution in [0.2, 0.25) is 0 Å². The lowest BCUT2D eigenvalue weighted by Crippen LogP contribution is -2.14. The van der Waals surface area contributed by atoms with Crippen molar-refractivity contribution in [3.8, 4) is 11.1 Å². The highest BCUT2D eigenvalue weighted by atomic mass is 32.2. The van der Waals surface area contributed by atoms with E-state index in [-0.39, 0.29) is 10.5 Å². The first-order chi connectivity index (χ1) is 14.6. The lowest BCUT2D eigenvalue weighted by molar-refractivity contribution is 0.100. The smallest absolute Gasteiger partial charge is 0.294 e. The molecule has 0 bridgehead atoms. The number of primary amides is 1. The van der Waals surface area contributed by atoms with Gasteiger partial charge in [-0.1, -0.05) is 23.4 Å². The Morgan fingerprint density at radius 2 is 1.94 bits per heavy atom. The maximum atomic E-state index is 12.0. The third-order valence-electron chi connectivity index (χ3n) is 4.86. The lowest BCUT2D eigenvalue weighted by Gasteiger charge is -2.14. The monoisotopic (exact) mass is 438 g/mol. The van der Waals surface area contributed by atoms with Gasteiger partial charge in [-0.05, 0) is 43.7 Å². The largest absolute Gasteiger partial charge is 0.365 e. The number of carbonyl (C=O) groups is 1. The van der Waals surface area contributed by atoms with Crippen molar-refractivity contribution in [3.63, 3.8) is 0 Å². The molecule has 2 heterocycles. The average Bonchev–Trinajstić information content (AvgIpc) is 3.05. The second-order valence-electron chi connectivity index (χ2n) is 6.97. The Morgan fingerprint density at radius 1 is 1.16 bits per heavy atom. The molecule has 0 unspecified atom stereocenters. The lowest BCUT2D eigenvalue weighted by atomic mass is 10.0. The first-order valence-corrected chi connectivity index (χ1v) is 10.6. The maximum absolute atomic E-state index is 12.0. The standard InChI is InChI=1S/C21H18N4O5S/c1-11-19(12(2)30-25-11)13-6-7-16-18(8-13)23-10-17(21(22)26)20(16)24-14-4-3-5-15(9-14)31(27,28)29/h3-10H,1-2H3,(H2,22,26)(H,23,24)(H,27,28,29). The molecule has 0 fully saturated rings. The summed E-state index contributed by atoms with van der Waals surface area (Å²) in [4.78, 5) is 16.1. The zero-order valence-corrected chi connectivity index (χ0v) is 17.4. The van der Waals surface area contributed by atoms with Gasteiger partial charge in [-0.3, -0.25) is 14.3 Å². The molecule has 9 nitrogen and oxygen atoms in total. The number of fused-ring (bicyclic) bond motifs is 1. The van der Waals surface area contributed by atoms with Crippen molar-refractivity contribution in [1.29, 1.82) is 0 Å². The van der Waals surface area contributed by atoms with E-state index in [1.165, 1.54) is 24.4 Å². The van der Waals surface area contributed by atoms with Crippen molar-refractivity contribution in [3.05, 3.63) is 65.7 Å². The minimum Gasteiger partial charge on any atom is -0.365 e. The van der Waals surface area contributed by atoms with Gasteiger partial charge in [-0.15, -0.1) is 0 Å². The van der Waals surface area contributed by atoms with Crippen LogP contribution in [0.15, 0.2) is 58.1 Å². The number of pyridine rings is 1. The summed E-state index contributed by atoms with van der Waals surface area (Å²) in [5.41, 5.74) is 9.41. The fourth-order valence-corrected chi connectivity index (χ4v) is 3.97. The van der Waals surface area contributed by atoms with E-state index >= 15 is 0 Å². The summed E-state index contributed by atoms with van der Waals surface area (Å²) in [6.07, 6.45) is 1.36. The number of rotatable bonds is 5. The third kappa shape index (κ3) is 3.86. The van der Waals surface area contributed by atoms with Crippen molar-refractivity contribution in [2.24, 2.45) is 5.73 Å². The summed E-state index contributed by atoms with van der Waals surface area (Å²) >= 11 is 0. The first kappa shape index (κ1) is 20.5. The number of nitrogens with zero attached hydrogens (tertiary/aromatic N) is 2. The van der Waals surface area contributed by atoms with Gasteiger partial charge in [0.05, 0.1) is 27.4 Å². The van der Waals surface area contributed by atoms with Gasteiger partial charge in [-0.2, -0.15) is 8.42 Å². The van der Waals surface area contributed by atoms with E-state index in [4.69, 9.17) is 10.3 Å². The molecule has 31 heavy (non-hydrogen) atoms. The number of amides is 1. The molecule has 0 atom stereocenters. The molecule has 10 heteroatoms. The highest BCUT2D eigenvalue weighted by Crippen LogP contribution is 2.34. The molecule has 2 aromatic heterocycles. The first-order valence-electron chi connectivity index (χ1n) is 9.15. The number of anilines is 2. The van der Waals surface area contributed by atoms with Crippen LogP contribution in [-0.2, 0) is 10.1 Å². The normalized spacial score (nSPS) is 11.6. The summed E-state index contributed by atoms with van der Waals surface area (Å²) in [6, 6.07) is 11.1. The number of hydrogen-bond donors (Lipinski definition) is 3. The summed E-state index contributed by atoms with van der Waals surface area (Å²) in [5, 5.41) is 7.61. The zero-order chi connectivity index (χ0) is 22.3. The van der Waals surface area contributed by atoms with Crippen LogP contribution >= 0.6 is 0 Å². The quantitative estimate of drug-likeness (QED) is 0.400. The average molecular weight is 438 g/mol. The third-order valence-corrected chi connectivity index (χ3v) is 5.71. The van der Waals surface area contributed by atoms with Crippen molar-refractivity contribution in [1.82, 2.24) is 10.1 Å². The van der Waals surface area contributed by atoms with Gasteiger partial charge in [-0.25, -0.2) is 0 Å². The number of benzene rings is 2. The molecule has 0 aliphatic carbocycles. The molecule has 0 saturated carbocycles. The van der Waals surface area contributed by atoms with E-state index in [2.05, 4.69) is 15.5 Å². The van der Waals surface area contributed by atoms with Crippen LogP contribution in [0.4, 0.5) is 11.4 Å². The molecule has 0 aliphatic rings. The van der Waals surface area contributed by atoms with E-state index in [1.54, 1.807) is 12.1 Å². The van der Waals surface area contributed by atoms with Gasteiger partial charge in [0.1, 0.15) is 5.76 Å². The van der Waals surface area contributed by atoms with Crippen LogP contribution < -0.4 is 11.1 Å². The van der Waals surface area contributed by atoms with Crippen LogP contribution in [-0.4, -0.2) is 29.0 Å². The van der Waals surface area contributed by atoms with E-state index in [0.29, 0.717) is 28.0 Å². The molecule has 0 radical (unpaired) electrons. The molecule has 4 N–H and O–H groups in total. The van der Waals surface area contributed by atoms with Gasteiger partial charge in [0.2, 0.25) is 0 Å². The van der Waals surface area contributed by atoms with Gasteiger partial charge >= 0.3 is 0 Å². The zero-order valence-electron chi connectivity index (χ0n) is 16.6. The maximum Gasteiger partial charge on any atom is 0.294 e. The minimum absolute atomic E-state index is 0.134. The van der Waals surface area contributed by atoms with E-state index < -0.39 is 16.0 Å². The Morgan fingerprint density at radius 3 is 2.58 bits per heavy atom. The Kier molecular flexibility index (Phi) is 4.96. The summed E-state index contributed by atoms with van der Waals surface area (Å²) < 4.78 is 37.5. The van der Waals surface area contributed by atoms with Gasteiger partial charge < -0.3 is 15.6 Å². The van der Waals surface area contributed by atoms with Gasteiger partial charge in [0, 0.05) is 22.8 Å². The van der Waals surface area contributed by atoms with E-state index in [1.807, 2.05) is 26.0 Å². The summed E-state index contributed by atoms with van der Waals surface area (Å²) in [6.45, 7) is 3.66. The Bertz CT molecular complexity index is 1420. The molecule has 0 spiro atoms. The fourth-order valence-electron chi connectivity index (χ4n) is 3.44. The van der Waals surface area contributed by atoms with Crippen LogP contribution in [0.1, 0.15) is 21.8 Å². The topological polar surface area (TPSA) is 148 Å². The van der Waals surface area contributed by atoms with Crippen LogP contribution in [0.3, 0.4) is 0 Å². The molecule has 158 valence electrons. The van der Waals surface area contributed by atoms with Crippen molar-refractivity contribution in [2.75, 3.05) is 5.32 Å². The van der Waals surface area contributed by atoms with Crippen LogP contribution in [0.5, 0.6) is 0 Å². The number of nitrogens with one attached hydrogen (secondary N) is 1. The molecule has 4 rings (SSSR count). The number of hydrogen-bond acceptors (Lipinski definition) is 7. The molecule has 1 amide bonds. The van der Waals surface area contributed by atoms with Crippen molar-refractivity contribution >= 4 is 38.3 Å². The summed E-state index contributed by atoms with van der Waals surface area (Å²) in [7, 11) is -4.38. The Balaban J connectivity index is 1.87. The van der Waals surface area contributed by atoms with Crippen LogP contribution in [0, 0.1) is 13.8 Å². The van der Waals surface area contributed by atoms with Crippen molar-refractivity contribution < 1.29 is 22.3 Å². The second kappa shape index (κ2) is 7.49. The molecule has 2 aromatic carbocycles. The van der Waals surface area contributed by atoms with E-state index in [0.717, 1.165) is 16.8 Å². The highest BCUT2D eigenvalue weighted by Gasteiger charge is 2.17. The van der Waals surface area contributed by atoms with E-state index in [9.17, 15) is 17.8 Å². The number of aryl methyl sites for hydroxylation is 2. The molecule has 0 saturated heterocycles. The number of nitrogens with two attached hydrogens (primary N) is 1. The predicted molar refractivity (Wildman–Crippen MR) is 115 cm³/mol.